The summed E-state index contributed by atoms with van der Waals surface area (Å²) in [7, 11) is 1.49. The Labute approximate surface area is 109 Å². The van der Waals surface area contributed by atoms with Crippen molar-refractivity contribution < 1.29 is 17.5 Å². The van der Waals surface area contributed by atoms with Crippen molar-refractivity contribution in [1.82, 2.24) is 0 Å². The second-order valence-corrected chi connectivity index (χ2v) is 6.70. The third-order valence-electron chi connectivity index (χ3n) is 2.07. The molecule has 0 aliphatic heterocycles. The SMILES string of the molecule is CC(COc1ccc(C#N)cc1F)CS(=O)(=O)Cl. The first kappa shape index (κ1) is 14.7. The molecule has 0 radical (unpaired) electrons. The van der Waals surface area contributed by atoms with Crippen molar-refractivity contribution in [3.8, 4) is 11.8 Å². The van der Waals surface area contributed by atoms with Crippen molar-refractivity contribution in [3.05, 3.63) is 29.6 Å². The smallest absolute Gasteiger partial charge is 0.232 e. The number of nitriles is 1. The Morgan fingerprint density at radius 1 is 1.56 bits per heavy atom. The molecule has 4 nitrogen and oxygen atoms in total. The highest BCUT2D eigenvalue weighted by Crippen LogP contribution is 2.19. The first-order valence-corrected chi connectivity index (χ1v) is 7.54. The van der Waals surface area contributed by atoms with Crippen molar-refractivity contribution in [1.29, 1.82) is 5.26 Å². The van der Waals surface area contributed by atoms with Crippen LogP contribution in [0.2, 0.25) is 0 Å². The highest BCUT2D eigenvalue weighted by atomic mass is 35.7. The topological polar surface area (TPSA) is 67.2 Å². The number of rotatable bonds is 5. The van der Waals surface area contributed by atoms with Gasteiger partial charge in [0.25, 0.3) is 0 Å². The molecule has 98 valence electrons. The second-order valence-electron chi connectivity index (χ2n) is 3.88. The zero-order valence-corrected chi connectivity index (χ0v) is 11.1. The zero-order chi connectivity index (χ0) is 13.8. The van der Waals surface area contributed by atoms with Gasteiger partial charge in [-0.3, -0.25) is 0 Å². The first-order chi connectivity index (χ1) is 8.31. The molecule has 0 aliphatic carbocycles. The Balaban J connectivity index is 2.62. The Morgan fingerprint density at radius 2 is 2.22 bits per heavy atom. The van der Waals surface area contributed by atoms with E-state index in [0.717, 1.165) is 6.07 Å². The second kappa shape index (κ2) is 6.03. The number of hydrogen-bond donors (Lipinski definition) is 0. The summed E-state index contributed by atoms with van der Waals surface area (Å²) in [6.07, 6.45) is 0. The molecule has 0 aromatic heterocycles. The number of hydrogen-bond acceptors (Lipinski definition) is 4. The molecule has 0 spiro atoms. The third-order valence-corrected chi connectivity index (χ3v) is 3.41. The highest BCUT2D eigenvalue weighted by Gasteiger charge is 2.14. The van der Waals surface area contributed by atoms with E-state index in [2.05, 4.69) is 0 Å². The average molecular weight is 292 g/mol. The van der Waals surface area contributed by atoms with Crippen LogP contribution in [0.1, 0.15) is 12.5 Å². The molecule has 0 N–H and O–H groups in total. The number of halogens is 2. The van der Waals surface area contributed by atoms with Gasteiger partial charge in [0.05, 0.1) is 24.0 Å². The fourth-order valence-corrected chi connectivity index (χ4v) is 2.73. The van der Waals surface area contributed by atoms with Gasteiger partial charge in [-0.1, -0.05) is 6.92 Å². The maximum Gasteiger partial charge on any atom is 0.232 e. The number of ether oxygens (including phenoxy) is 1. The Hall–Kier alpha value is -1.32. The van der Waals surface area contributed by atoms with E-state index < -0.39 is 14.9 Å². The minimum Gasteiger partial charge on any atom is -0.490 e. The van der Waals surface area contributed by atoms with E-state index in [4.69, 9.17) is 20.7 Å². The van der Waals surface area contributed by atoms with Crippen LogP contribution in [0.15, 0.2) is 18.2 Å². The van der Waals surface area contributed by atoms with Crippen LogP contribution in [0, 0.1) is 23.1 Å². The summed E-state index contributed by atoms with van der Waals surface area (Å²) in [6, 6.07) is 5.60. The Morgan fingerprint density at radius 3 is 2.72 bits per heavy atom. The summed E-state index contributed by atoms with van der Waals surface area (Å²) < 4.78 is 40.1. The Kier molecular flexibility index (Phi) is 4.93. The molecule has 18 heavy (non-hydrogen) atoms. The van der Waals surface area contributed by atoms with Gasteiger partial charge in [0.15, 0.2) is 11.6 Å². The lowest BCUT2D eigenvalue weighted by molar-refractivity contribution is 0.260. The van der Waals surface area contributed by atoms with Crippen LogP contribution in [0.3, 0.4) is 0 Å². The molecule has 1 unspecified atom stereocenters. The normalized spacial score (nSPS) is 12.8. The fourth-order valence-electron chi connectivity index (χ4n) is 1.31. The van der Waals surface area contributed by atoms with Crippen LogP contribution < -0.4 is 4.74 Å². The monoisotopic (exact) mass is 291 g/mol. The van der Waals surface area contributed by atoms with Gasteiger partial charge < -0.3 is 4.74 Å². The van der Waals surface area contributed by atoms with Gasteiger partial charge in [0.1, 0.15) is 0 Å². The molecular formula is C11H11ClFNO3S. The van der Waals surface area contributed by atoms with E-state index in [0.29, 0.717) is 0 Å². The summed E-state index contributed by atoms with van der Waals surface area (Å²) >= 11 is 0. The van der Waals surface area contributed by atoms with Gasteiger partial charge >= 0.3 is 0 Å². The van der Waals surface area contributed by atoms with E-state index in [1.54, 1.807) is 13.0 Å². The molecular weight excluding hydrogens is 281 g/mol. The van der Waals surface area contributed by atoms with Crippen molar-refractivity contribution in [2.45, 2.75) is 6.92 Å². The van der Waals surface area contributed by atoms with Gasteiger partial charge in [-0.25, -0.2) is 12.8 Å². The summed E-state index contributed by atoms with van der Waals surface area (Å²) in [4.78, 5) is 0. The molecule has 0 fully saturated rings. The average Bonchev–Trinajstić information content (AvgIpc) is 2.25. The molecule has 0 bridgehead atoms. The number of nitrogens with zero attached hydrogens (tertiary/aromatic N) is 1. The van der Waals surface area contributed by atoms with Crippen molar-refractivity contribution in [2.24, 2.45) is 5.92 Å². The lowest BCUT2D eigenvalue weighted by Crippen LogP contribution is -2.16. The van der Waals surface area contributed by atoms with Crippen LogP contribution in [-0.4, -0.2) is 20.8 Å². The van der Waals surface area contributed by atoms with Crippen molar-refractivity contribution in [3.63, 3.8) is 0 Å². The molecule has 1 rings (SSSR count). The van der Waals surface area contributed by atoms with E-state index >= 15 is 0 Å². The van der Waals surface area contributed by atoms with Crippen LogP contribution in [-0.2, 0) is 9.05 Å². The highest BCUT2D eigenvalue weighted by molar-refractivity contribution is 8.13. The minimum atomic E-state index is -3.59. The molecule has 0 saturated carbocycles. The summed E-state index contributed by atoms with van der Waals surface area (Å²) in [6.45, 7) is 1.65. The van der Waals surface area contributed by atoms with E-state index in [9.17, 15) is 12.8 Å². The van der Waals surface area contributed by atoms with Crippen LogP contribution in [0.4, 0.5) is 4.39 Å². The van der Waals surface area contributed by atoms with Crippen LogP contribution in [0.5, 0.6) is 5.75 Å². The molecule has 0 amide bonds. The predicted molar refractivity (Wildman–Crippen MR) is 65.4 cm³/mol. The van der Waals surface area contributed by atoms with Gasteiger partial charge in [-0.2, -0.15) is 5.26 Å². The maximum absolute atomic E-state index is 13.4. The van der Waals surface area contributed by atoms with Gasteiger partial charge in [0, 0.05) is 16.6 Å². The first-order valence-electron chi connectivity index (χ1n) is 5.06. The van der Waals surface area contributed by atoms with E-state index in [-0.39, 0.29) is 29.6 Å². The maximum atomic E-state index is 13.4. The largest absolute Gasteiger partial charge is 0.490 e. The van der Waals surface area contributed by atoms with Crippen molar-refractivity contribution >= 4 is 19.7 Å². The predicted octanol–water partition coefficient (Wildman–Crippen LogP) is 2.28. The van der Waals surface area contributed by atoms with Crippen LogP contribution in [0.25, 0.3) is 0 Å². The lowest BCUT2D eigenvalue weighted by atomic mass is 10.2. The summed E-state index contributed by atoms with van der Waals surface area (Å²) in [5.41, 5.74) is 0.191. The van der Waals surface area contributed by atoms with Gasteiger partial charge in [0.2, 0.25) is 9.05 Å². The Bertz CT molecular complexity index is 568. The van der Waals surface area contributed by atoms with Gasteiger partial charge in [-0.05, 0) is 18.2 Å². The lowest BCUT2D eigenvalue weighted by Gasteiger charge is -2.12. The summed E-state index contributed by atoms with van der Waals surface area (Å²) in [5, 5.41) is 8.56. The molecule has 0 heterocycles. The van der Waals surface area contributed by atoms with Crippen molar-refractivity contribution in [2.75, 3.05) is 12.4 Å². The quantitative estimate of drug-likeness (QED) is 0.781. The van der Waals surface area contributed by atoms with E-state index in [1.807, 2.05) is 0 Å². The van der Waals surface area contributed by atoms with Crippen LogP contribution >= 0.6 is 10.7 Å². The fraction of sp³-hybridized carbons (Fsp3) is 0.364. The molecule has 7 heteroatoms. The van der Waals surface area contributed by atoms with Gasteiger partial charge in [-0.15, -0.1) is 0 Å². The molecule has 0 saturated heterocycles. The summed E-state index contributed by atoms with van der Waals surface area (Å²) in [5.74, 6) is -1.28. The number of benzene rings is 1. The molecule has 1 aromatic carbocycles. The molecule has 1 aromatic rings. The minimum absolute atomic E-state index is 0.0205. The molecule has 0 aliphatic rings. The molecule has 1 atom stereocenters. The third kappa shape index (κ3) is 4.90. The standard InChI is InChI=1S/C11H11ClFNO3S/c1-8(7-18(12,15)16)6-17-11-3-2-9(5-14)4-10(11)13/h2-4,8H,6-7H2,1H3. The van der Waals surface area contributed by atoms with E-state index in [1.165, 1.54) is 12.1 Å². The zero-order valence-electron chi connectivity index (χ0n) is 9.56.